The quantitative estimate of drug-likeness (QED) is 0.114. The monoisotopic (exact) mass is 438 g/mol. The van der Waals surface area contributed by atoms with Gasteiger partial charge in [0.25, 0.3) is 0 Å². The van der Waals surface area contributed by atoms with Gasteiger partial charge < -0.3 is 4.74 Å². The molecule has 0 aromatic heterocycles. The Kier molecular flexibility index (Phi) is 12.8. The van der Waals surface area contributed by atoms with Crippen molar-refractivity contribution in [2.45, 2.75) is 76.5 Å². The van der Waals surface area contributed by atoms with Crippen LogP contribution in [0.2, 0.25) is 0 Å². The SMILES string of the molecule is CCCCCCCCCCOc1cccc(/C=C/C(=O)c2ccc(SCCC)cc2)c1. The van der Waals surface area contributed by atoms with E-state index in [4.69, 9.17) is 4.74 Å². The zero-order valence-corrected chi connectivity index (χ0v) is 20.1. The Hall–Kier alpha value is -2.00. The van der Waals surface area contributed by atoms with Crippen LogP contribution >= 0.6 is 11.8 Å². The van der Waals surface area contributed by atoms with E-state index in [1.165, 1.54) is 49.8 Å². The van der Waals surface area contributed by atoms with Gasteiger partial charge in [-0.2, -0.15) is 0 Å². The first-order chi connectivity index (χ1) is 15.2. The van der Waals surface area contributed by atoms with Gasteiger partial charge in [0.2, 0.25) is 0 Å². The van der Waals surface area contributed by atoms with Crippen LogP contribution in [-0.2, 0) is 0 Å². The minimum absolute atomic E-state index is 0.0253. The third-order valence-electron chi connectivity index (χ3n) is 5.16. The Labute approximate surface area is 193 Å². The number of unbranched alkanes of at least 4 members (excludes halogenated alkanes) is 7. The maximum absolute atomic E-state index is 12.5. The number of ether oxygens (including phenoxy) is 1. The third kappa shape index (κ3) is 10.7. The summed E-state index contributed by atoms with van der Waals surface area (Å²) < 4.78 is 5.91. The number of carbonyl (C=O) groups is 1. The van der Waals surface area contributed by atoms with E-state index < -0.39 is 0 Å². The van der Waals surface area contributed by atoms with E-state index in [2.05, 4.69) is 13.8 Å². The summed E-state index contributed by atoms with van der Waals surface area (Å²) in [5.74, 6) is 2.00. The maximum atomic E-state index is 12.5. The number of thioether (sulfide) groups is 1. The number of allylic oxidation sites excluding steroid dienone is 1. The number of rotatable bonds is 16. The van der Waals surface area contributed by atoms with Crippen LogP contribution in [0.5, 0.6) is 5.75 Å². The van der Waals surface area contributed by atoms with E-state index in [0.717, 1.165) is 42.1 Å². The maximum Gasteiger partial charge on any atom is 0.185 e. The van der Waals surface area contributed by atoms with Gasteiger partial charge in [-0.1, -0.05) is 77.0 Å². The van der Waals surface area contributed by atoms with Crippen molar-refractivity contribution in [2.75, 3.05) is 12.4 Å². The molecule has 0 fully saturated rings. The van der Waals surface area contributed by atoms with Crippen molar-refractivity contribution in [3.8, 4) is 5.75 Å². The second-order valence-electron chi connectivity index (χ2n) is 7.97. The predicted octanol–water partition coefficient (Wildman–Crippen LogP) is 8.60. The summed E-state index contributed by atoms with van der Waals surface area (Å²) in [6.45, 7) is 5.18. The Morgan fingerprint density at radius 1 is 0.871 bits per heavy atom. The largest absolute Gasteiger partial charge is 0.494 e. The van der Waals surface area contributed by atoms with Crippen molar-refractivity contribution in [3.63, 3.8) is 0 Å². The summed E-state index contributed by atoms with van der Waals surface area (Å²) in [6, 6.07) is 15.8. The van der Waals surface area contributed by atoms with Gasteiger partial charge in [0.05, 0.1) is 6.61 Å². The van der Waals surface area contributed by atoms with E-state index >= 15 is 0 Å². The molecule has 2 rings (SSSR count). The van der Waals surface area contributed by atoms with Gasteiger partial charge in [-0.3, -0.25) is 4.79 Å². The van der Waals surface area contributed by atoms with Gasteiger partial charge in [0, 0.05) is 10.5 Å². The van der Waals surface area contributed by atoms with Crippen LogP contribution in [0.25, 0.3) is 6.08 Å². The first kappa shape index (κ1) is 25.3. The fourth-order valence-electron chi connectivity index (χ4n) is 3.34. The fraction of sp³-hybridized carbons (Fsp3) is 0.464. The van der Waals surface area contributed by atoms with Gasteiger partial charge in [0.15, 0.2) is 5.78 Å². The summed E-state index contributed by atoms with van der Waals surface area (Å²) in [5.41, 5.74) is 1.70. The molecule has 0 spiro atoms. The number of hydrogen-bond donors (Lipinski definition) is 0. The zero-order chi connectivity index (χ0) is 22.2. The first-order valence-electron chi connectivity index (χ1n) is 11.9. The van der Waals surface area contributed by atoms with Crippen LogP contribution in [0.3, 0.4) is 0 Å². The highest BCUT2D eigenvalue weighted by Gasteiger charge is 2.03. The molecular weight excluding hydrogens is 400 g/mol. The number of hydrogen-bond acceptors (Lipinski definition) is 3. The molecule has 0 bridgehead atoms. The molecule has 0 aliphatic heterocycles. The molecule has 0 N–H and O–H groups in total. The van der Waals surface area contributed by atoms with Crippen molar-refractivity contribution in [3.05, 3.63) is 65.7 Å². The minimum Gasteiger partial charge on any atom is -0.494 e. The van der Waals surface area contributed by atoms with Gasteiger partial charge in [-0.25, -0.2) is 0 Å². The molecule has 0 aliphatic carbocycles. The highest BCUT2D eigenvalue weighted by molar-refractivity contribution is 7.99. The smallest absolute Gasteiger partial charge is 0.185 e. The second-order valence-corrected chi connectivity index (χ2v) is 9.13. The molecule has 168 valence electrons. The van der Waals surface area contributed by atoms with E-state index in [1.54, 1.807) is 6.08 Å². The molecule has 31 heavy (non-hydrogen) atoms. The van der Waals surface area contributed by atoms with Crippen molar-refractivity contribution in [2.24, 2.45) is 0 Å². The summed E-state index contributed by atoms with van der Waals surface area (Å²) in [5, 5.41) is 0. The lowest BCUT2D eigenvalue weighted by atomic mass is 10.1. The van der Waals surface area contributed by atoms with E-state index in [0.29, 0.717) is 0 Å². The summed E-state index contributed by atoms with van der Waals surface area (Å²) in [7, 11) is 0. The topological polar surface area (TPSA) is 26.3 Å². The van der Waals surface area contributed by atoms with Crippen LogP contribution in [-0.4, -0.2) is 18.1 Å². The molecule has 0 atom stereocenters. The molecule has 0 unspecified atom stereocenters. The summed E-state index contributed by atoms with van der Waals surface area (Å²) in [6.07, 6.45) is 15.0. The van der Waals surface area contributed by atoms with E-state index in [9.17, 15) is 4.79 Å². The van der Waals surface area contributed by atoms with Crippen molar-refractivity contribution >= 4 is 23.6 Å². The lowest BCUT2D eigenvalue weighted by molar-refractivity contribution is 0.104. The van der Waals surface area contributed by atoms with Gasteiger partial charge >= 0.3 is 0 Å². The van der Waals surface area contributed by atoms with Gasteiger partial charge in [0.1, 0.15) is 5.75 Å². The van der Waals surface area contributed by atoms with E-state index in [1.807, 2.05) is 66.4 Å². The van der Waals surface area contributed by atoms with Crippen molar-refractivity contribution in [1.82, 2.24) is 0 Å². The second kappa shape index (κ2) is 15.8. The van der Waals surface area contributed by atoms with Gasteiger partial charge in [-0.15, -0.1) is 11.8 Å². The third-order valence-corrected chi connectivity index (χ3v) is 6.38. The molecule has 0 amide bonds. The molecule has 0 saturated heterocycles. The Morgan fingerprint density at radius 3 is 2.29 bits per heavy atom. The molecule has 2 nitrogen and oxygen atoms in total. The minimum atomic E-state index is 0.0253. The first-order valence-corrected chi connectivity index (χ1v) is 12.9. The number of carbonyl (C=O) groups excluding carboxylic acids is 1. The zero-order valence-electron chi connectivity index (χ0n) is 19.3. The van der Waals surface area contributed by atoms with Crippen molar-refractivity contribution < 1.29 is 9.53 Å². The van der Waals surface area contributed by atoms with Crippen LogP contribution in [0.1, 0.15) is 87.6 Å². The Morgan fingerprint density at radius 2 is 1.58 bits per heavy atom. The standard InChI is InChI=1S/C28H38O2S/c1-3-5-6-7-8-9-10-11-21-30-26-14-12-13-24(23-26)15-20-28(29)25-16-18-27(19-17-25)31-22-4-2/h12-20,23H,3-11,21-22H2,1-2H3/b20-15+. The number of ketones is 1. The Bertz CT molecular complexity index is 780. The molecule has 0 aliphatic rings. The van der Waals surface area contributed by atoms with Crippen LogP contribution < -0.4 is 4.74 Å². The van der Waals surface area contributed by atoms with Crippen LogP contribution in [0, 0.1) is 0 Å². The molecule has 2 aromatic rings. The number of benzene rings is 2. The summed E-state index contributed by atoms with van der Waals surface area (Å²) in [4.78, 5) is 13.7. The fourth-order valence-corrected chi connectivity index (χ4v) is 4.11. The molecule has 0 radical (unpaired) electrons. The highest BCUT2D eigenvalue weighted by Crippen LogP contribution is 2.20. The molecule has 0 heterocycles. The molecule has 2 aromatic carbocycles. The average Bonchev–Trinajstić information content (AvgIpc) is 2.81. The van der Waals surface area contributed by atoms with E-state index in [-0.39, 0.29) is 5.78 Å². The normalized spacial score (nSPS) is 11.2. The van der Waals surface area contributed by atoms with Crippen LogP contribution in [0.4, 0.5) is 0 Å². The van der Waals surface area contributed by atoms with Gasteiger partial charge in [-0.05, 0) is 66.6 Å². The highest BCUT2D eigenvalue weighted by atomic mass is 32.2. The summed E-state index contributed by atoms with van der Waals surface area (Å²) >= 11 is 1.82. The van der Waals surface area contributed by atoms with Crippen LogP contribution in [0.15, 0.2) is 59.5 Å². The predicted molar refractivity (Wildman–Crippen MR) is 135 cm³/mol. The lowest BCUT2D eigenvalue weighted by Gasteiger charge is -2.07. The van der Waals surface area contributed by atoms with Crippen molar-refractivity contribution in [1.29, 1.82) is 0 Å². The molecular formula is C28H38O2S. The average molecular weight is 439 g/mol. The Balaban J connectivity index is 1.73. The lowest BCUT2D eigenvalue weighted by Crippen LogP contribution is -1.97. The molecule has 3 heteroatoms. The molecule has 0 saturated carbocycles.